The first-order chi connectivity index (χ1) is 17.5. The van der Waals surface area contributed by atoms with Crippen molar-refractivity contribution in [3.63, 3.8) is 0 Å². The lowest BCUT2D eigenvalue weighted by atomic mass is 10.1. The molecular weight excluding hydrogens is 511 g/mol. The van der Waals surface area contributed by atoms with Gasteiger partial charge in [-0.2, -0.15) is 0 Å². The van der Waals surface area contributed by atoms with Gasteiger partial charge in [-0.3, -0.25) is 18.9 Å². The van der Waals surface area contributed by atoms with E-state index in [1.54, 1.807) is 36.4 Å². The summed E-state index contributed by atoms with van der Waals surface area (Å²) < 4.78 is 7.17. The van der Waals surface area contributed by atoms with Crippen LogP contribution in [-0.2, 0) is 11.2 Å². The number of fused-ring (bicyclic) bond motifs is 1. The zero-order valence-corrected chi connectivity index (χ0v) is 21.7. The summed E-state index contributed by atoms with van der Waals surface area (Å²) in [7, 11) is 1.63. The van der Waals surface area contributed by atoms with Gasteiger partial charge in [0.1, 0.15) is 20.7 Å². The van der Waals surface area contributed by atoms with E-state index >= 15 is 0 Å². The number of hydrogen-bond acceptors (Lipinski definition) is 7. The molecule has 4 aromatic rings. The minimum atomic E-state index is -0.234. The van der Waals surface area contributed by atoms with Gasteiger partial charge >= 0.3 is 0 Å². The van der Waals surface area contributed by atoms with Gasteiger partial charge < -0.3 is 4.74 Å². The highest BCUT2D eigenvalue weighted by Crippen LogP contribution is 2.35. The standard InChI is InChI=1S/C27H21N3O3S3/c1-33-19-12-10-18(11-13-19)14-16-30-26(32)22(36-27(30)34)17-21-24(35-20-7-3-2-4-8-20)28-23-9-5-6-15-29(23)25(21)31/h2-13,15,17H,14,16H2,1H3. The van der Waals surface area contributed by atoms with Crippen molar-refractivity contribution in [2.24, 2.45) is 0 Å². The Labute approximate surface area is 222 Å². The number of nitrogens with zero attached hydrogens (tertiary/aromatic N) is 3. The van der Waals surface area contributed by atoms with Crippen molar-refractivity contribution < 1.29 is 9.53 Å². The summed E-state index contributed by atoms with van der Waals surface area (Å²) in [5.74, 6) is 0.582. The van der Waals surface area contributed by atoms with E-state index in [-0.39, 0.29) is 11.5 Å². The van der Waals surface area contributed by atoms with Crippen molar-refractivity contribution in [3.8, 4) is 5.75 Å². The molecule has 0 N–H and O–H groups in total. The first-order valence-electron chi connectivity index (χ1n) is 11.2. The van der Waals surface area contributed by atoms with E-state index in [0.29, 0.717) is 38.4 Å². The number of rotatable bonds is 7. The number of carbonyl (C=O) groups is 1. The molecule has 3 heterocycles. The second kappa shape index (κ2) is 10.7. The number of pyridine rings is 1. The largest absolute Gasteiger partial charge is 0.497 e. The van der Waals surface area contributed by atoms with Crippen molar-refractivity contribution >= 4 is 57.7 Å². The third kappa shape index (κ3) is 5.09. The normalized spacial score (nSPS) is 14.7. The zero-order chi connectivity index (χ0) is 25.1. The van der Waals surface area contributed by atoms with Crippen LogP contribution in [0.3, 0.4) is 0 Å². The number of hydrogen-bond donors (Lipinski definition) is 0. The maximum atomic E-state index is 13.4. The molecule has 0 unspecified atom stereocenters. The maximum Gasteiger partial charge on any atom is 0.266 e. The van der Waals surface area contributed by atoms with Gasteiger partial charge in [-0.1, -0.05) is 72.1 Å². The molecule has 2 aromatic carbocycles. The van der Waals surface area contributed by atoms with Gasteiger partial charge in [0.25, 0.3) is 11.5 Å². The predicted molar refractivity (Wildman–Crippen MR) is 149 cm³/mol. The van der Waals surface area contributed by atoms with Gasteiger partial charge in [-0.25, -0.2) is 4.98 Å². The van der Waals surface area contributed by atoms with Crippen LogP contribution in [0.15, 0.2) is 98.6 Å². The average Bonchev–Trinajstić information content (AvgIpc) is 3.17. The monoisotopic (exact) mass is 531 g/mol. The molecule has 1 aliphatic heterocycles. The van der Waals surface area contributed by atoms with Gasteiger partial charge in [-0.15, -0.1) is 0 Å². The van der Waals surface area contributed by atoms with Crippen LogP contribution in [0.2, 0.25) is 0 Å². The van der Waals surface area contributed by atoms with E-state index in [9.17, 15) is 9.59 Å². The maximum absolute atomic E-state index is 13.4. The molecule has 0 spiro atoms. The molecule has 5 rings (SSSR count). The Hall–Kier alpha value is -3.40. The Balaban J connectivity index is 1.46. The molecule has 0 radical (unpaired) electrons. The topological polar surface area (TPSA) is 63.9 Å². The first-order valence-corrected chi connectivity index (χ1v) is 13.2. The Kier molecular flexibility index (Phi) is 7.22. The number of thiocarbonyl (C=S) groups is 1. The number of amides is 1. The van der Waals surface area contributed by atoms with Crippen molar-refractivity contribution in [2.75, 3.05) is 13.7 Å². The van der Waals surface area contributed by atoms with E-state index in [0.717, 1.165) is 16.2 Å². The lowest BCUT2D eigenvalue weighted by Crippen LogP contribution is -2.30. The van der Waals surface area contributed by atoms with Crippen molar-refractivity contribution in [1.82, 2.24) is 14.3 Å². The van der Waals surface area contributed by atoms with Crippen LogP contribution in [0, 0.1) is 0 Å². The van der Waals surface area contributed by atoms with Crippen LogP contribution >= 0.6 is 35.7 Å². The van der Waals surface area contributed by atoms with Gasteiger partial charge in [0.15, 0.2) is 0 Å². The van der Waals surface area contributed by atoms with Crippen LogP contribution in [0.25, 0.3) is 11.7 Å². The van der Waals surface area contributed by atoms with Crippen LogP contribution in [0.4, 0.5) is 0 Å². The molecule has 1 amide bonds. The average molecular weight is 532 g/mol. The molecule has 2 aromatic heterocycles. The van der Waals surface area contributed by atoms with Crippen LogP contribution in [0.5, 0.6) is 5.75 Å². The summed E-state index contributed by atoms with van der Waals surface area (Å²) in [4.78, 5) is 34.4. The van der Waals surface area contributed by atoms with Crippen LogP contribution in [-0.4, -0.2) is 38.2 Å². The number of methoxy groups -OCH3 is 1. The molecule has 0 atom stereocenters. The van der Waals surface area contributed by atoms with E-state index < -0.39 is 0 Å². The summed E-state index contributed by atoms with van der Waals surface area (Å²) >= 11 is 8.12. The second-order valence-corrected chi connectivity index (χ2v) is 10.6. The summed E-state index contributed by atoms with van der Waals surface area (Å²) in [6.45, 7) is 0.453. The Morgan fingerprint density at radius 2 is 1.78 bits per heavy atom. The van der Waals surface area contributed by atoms with E-state index in [1.807, 2.05) is 60.7 Å². The Bertz CT molecular complexity index is 1530. The van der Waals surface area contributed by atoms with Crippen LogP contribution < -0.4 is 10.3 Å². The van der Waals surface area contributed by atoms with Crippen molar-refractivity contribution in [3.05, 3.63) is 105 Å². The number of carbonyl (C=O) groups excluding carboxylic acids is 1. The van der Waals surface area contributed by atoms with E-state index in [1.165, 1.54) is 27.9 Å². The minimum absolute atomic E-state index is 0.202. The lowest BCUT2D eigenvalue weighted by Gasteiger charge is -2.14. The molecule has 180 valence electrons. The molecule has 9 heteroatoms. The van der Waals surface area contributed by atoms with E-state index in [2.05, 4.69) is 0 Å². The van der Waals surface area contributed by atoms with Gasteiger partial charge in [-0.05, 0) is 54.5 Å². The number of benzene rings is 2. The molecule has 36 heavy (non-hydrogen) atoms. The number of aromatic nitrogens is 2. The van der Waals surface area contributed by atoms with Crippen molar-refractivity contribution in [2.45, 2.75) is 16.3 Å². The predicted octanol–water partition coefficient (Wildman–Crippen LogP) is 5.30. The fraction of sp³-hybridized carbons (Fsp3) is 0.111. The molecule has 1 saturated heterocycles. The summed E-state index contributed by atoms with van der Waals surface area (Å²) in [6.07, 6.45) is 3.96. The molecule has 0 bridgehead atoms. The Morgan fingerprint density at radius 3 is 2.53 bits per heavy atom. The fourth-order valence-electron chi connectivity index (χ4n) is 3.74. The van der Waals surface area contributed by atoms with Gasteiger partial charge in [0.05, 0.1) is 17.6 Å². The van der Waals surface area contributed by atoms with Gasteiger partial charge in [0, 0.05) is 17.6 Å². The third-order valence-electron chi connectivity index (χ3n) is 5.62. The fourth-order valence-corrected chi connectivity index (χ4v) is 5.94. The zero-order valence-electron chi connectivity index (χ0n) is 19.3. The Morgan fingerprint density at radius 1 is 1.03 bits per heavy atom. The molecule has 1 aliphatic rings. The lowest BCUT2D eigenvalue weighted by molar-refractivity contribution is -0.122. The smallest absolute Gasteiger partial charge is 0.266 e. The highest BCUT2D eigenvalue weighted by atomic mass is 32.2. The number of thioether (sulfide) groups is 1. The highest BCUT2D eigenvalue weighted by molar-refractivity contribution is 8.26. The molecular formula is C27H21N3O3S3. The highest BCUT2D eigenvalue weighted by Gasteiger charge is 2.32. The summed E-state index contributed by atoms with van der Waals surface area (Å²) in [6, 6.07) is 22.9. The SMILES string of the molecule is COc1ccc(CCN2C(=O)C(=Cc3c(Sc4ccccc4)nc4ccccn4c3=O)SC2=S)cc1. The summed E-state index contributed by atoms with van der Waals surface area (Å²) in [5, 5.41) is 0.543. The van der Waals surface area contributed by atoms with Crippen molar-refractivity contribution in [1.29, 1.82) is 0 Å². The van der Waals surface area contributed by atoms with Crippen LogP contribution in [0.1, 0.15) is 11.1 Å². The van der Waals surface area contributed by atoms with E-state index in [4.69, 9.17) is 21.9 Å². The number of ether oxygens (including phenoxy) is 1. The first kappa shape index (κ1) is 24.3. The third-order valence-corrected chi connectivity index (χ3v) is 8.01. The summed E-state index contributed by atoms with van der Waals surface area (Å²) in [5.41, 5.74) is 1.75. The quantitative estimate of drug-likeness (QED) is 0.182. The molecule has 6 nitrogen and oxygen atoms in total. The molecule has 0 saturated carbocycles. The molecule has 0 aliphatic carbocycles. The molecule has 1 fully saturated rings. The van der Waals surface area contributed by atoms with Gasteiger partial charge in [0.2, 0.25) is 0 Å². The minimum Gasteiger partial charge on any atom is -0.497 e. The second-order valence-electron chi connectivity index (χ2n) is 7.91.